The van der Waals surface area contributed by atoms with E-state index in [2.05, 4.69) is 22.9 Å². The molecule has 3 aromatic rings. The lowest BCUT2D eigenvalue weighted by Gasteiger charge is -2.10. The largest absolute Gasteiger partial charge is 0.481 e. The molecule has 0 aromatic heterocycles. The highest BCUT2D eigenvalue weighted by atomic mass is 79.9. The highest BCUT2D eigenvalue weighted by molar-refractivity contribution is 9.10. The fraction of sp³-hybridized carbons (Fsp3) is 0.231. The van der Waals surface area contributed by atoms with E-state index in [1.54, 1.807) is 18.2 Å². The highest BCUT2D eigenvalue weighted by Crippen LogP contribution is 2.26. The minimum atomic E-state index is -0.565. The number of halogens is 1. The normalized spacial score (nSPS) is 10.4. The lowest BCUT2D eigenvalue weighted by atomic mass is 10.1. The van der Waals surface area contributed by atoms with Crippen LogP contribution in [0.5, 0.6) is 11.5 Å². The Morgan fingerprint density at radius 1 is 0.906 bits per heavy atom. The third-order valence-electron chi connectivity index (χ3n) is 4.74. The first kappa shape index (κ1) is 23.5. The molecule has 6 heteroatoms. The van der Waals surface area contributed by atoms with Gasteiger partial charge < -0.3 is 14.2 Å². The summed E-state index contributed by atoms with van der Waals surface area (Å²) in [6.07, 6.45) is 2.48. The van der Waals surface area contributed by atoms with Gasteiger partial charge in [-0.15, -0.1) is 0 Å². The van der Waals surface area contributed by atoms with Crippen LogP contribution in [0.1, 0.15) is 34.8 Å². The van der Waals surface area contributed by atoms with E-state index in [1.807, 2.05) is 48.5 Å². The summed E-state index contributed by atoms with van der Waals surface area (Å²) >= 11 is 3.44. The van der Waals surface area contributed by atoms with Gasteiger partial charge in [0.15, 0.2) is 6.61 Å². The van der Waals surface area contributed by atoms with Gasteiger partial charge in [0, 0.05) is 0 Å². The Labute approximate surface area is 196 Å². The van der Waals surface area contributed by atoms with Crippen molar-refractivity contribution in [1.29, 1.82) is 0 Å². The van der Waals surface area contributed by atoms with Crippen LogP contribution in [0.2, 0.25) is 0 Å². The molecule has 0 aliphatic rings. The van der Waals surface area contributed by atoms with Crippen LogP contribution in [0.4, 0.5) is 0 Å². The second-order valence-electron chi connectivity index (χ2n) is 7.13. The van der Waals surface area contributed by atoms with Crippen LogP contribution in [0, 0.1) is 0 Å². The summed E-state index contributed by atoms with van der Waals surface area (Å²) in [7, 11) is 0. The van der Waals surface area contributed by atoms with Crippen molar-refractivity contribution in [3.05, 3.63) is 94.0 Å². The molecule has 0 saturated carbocycles. The van der Waals surface area contributed by atoms with Gasteiger partial charge in [0.05, 0.1) is 16.6 Å². The standard InChI is InChI=1S/C26H25BrO5/c1-2-19-13-14-24(23(27)16-19)31-18-25(28)32-22-12-6-11-21(17-22)26(29)30-15-7-10-20-8-4-3-5-9-20/h3-6,8-9,11-14,16-17H,2,7,10,15,18H2,1H3. The lowest BCUT2D eigenvalue weighted by molar-refractivity contribution is -0.136. The summed E-state index contributed by atoms with van der Waals surface area (Å²) in [6.45, 7) is 2.13. The molecule has 0 saturated heterocycles. The average Bonchev–Trinajstić information content (AvgIpc) is 2.81. The highest BCUT2D eigenvalue weighted by Gasteiger charge is 2.12. The number of ether oxygens (including phenoxy) is 3. The predicted molar refractivity (Wildman–Crippen MR) is 126 cm³/mol. The molecule has 5 nitrogen and oxygen atoms in total. The SMILES string of the molecule is CCc1ccc(OCC(=O)Oc2cccc(C(=O)OCCCc3ccccc3)c2)c(Br)c1. The first-order valence-electron chi connectivity index (χ1n) is 10.5. The molecule has 0 radical (unpaired) electrons. The van der Waals surface area contributed by atoms with Crippen LogP contribution in [0.15, 0.2) is 77.3 Å². The summed E-state index contributed by atoms with van der Waals surface area (Å²) in [5.74, 6) is -0.193. The van der Waals surface area contributed by atoms with Gasteiger partial charge in [0.2, 0.25) is 0 Å². The van der Waals surface area contributed by atoms with Crippen molar-refractivity contribution in [3.63, 3.8) is 0 Å². The number of carbonyl (C=O) groups is 2. The van der Waals surface area contributed by atoms with E-state index in [0.717, 1.165) is 29.3 Å². The minimum absolute atomic E-state index is 0.252. The molecule has 0 bridgehead atoms. The molecule has 32 heavy (non-hydrogen) atoms. The van der Waals surface area contributed by atoms with E-state index in [4.69, 9.17) is 14.2 Å². The van der Waals surface area contributed by atoms with Gasteiger partial charge in [0.25, 0.3) is 0 Å². The van der Waals surface area contributed by atoms with Gasteiger partial charge in [-0.1, -0.05) is 49.4 Å². The van der Waals surface area contributed by atoms with Gasteiger partial charge >= 0.3 is 11.9 Å². The molecule has 0 aliphatic carbocycles. The summed E-state index contributed by atoms with van der Waals surface area (Å²) < 4.78 is 17.0. The smallest absolute Gasteiger partial charge is 0.349 e. The summed E-state index contributed by atoms with van der Waals surface area (Å²) in [5, 5.41) is 0. The Hall–Kier alpha value is -3.12. The third-order valence-corrected chi connectivity index (χ3v) is 5.36. The maximum Gasteiger partial charge on any atom is 0.349 e. The third kappa shape index (κ3) is 7.24. The molecule has 0 spiro atoms. The van der Waals surface area contributed by atoms with E-state index in [0.29, 0.717) is 17.9 Å². The molecule has 3 aromatic carbocycles. The predicted octanol–water partition coefficient (Wildman–Crippen LogP) is 5.79. The number of benzene rings is 3. The van der Waals surface area contributed by atoms with Gasteiger partial charge in [-0.05, 0) is 76.7 Å². The molecule has 0 heterocycles. The van der Waals surface area contributed by atoms with Crippen LogP contribution < -0.4 is 9.47 Å². The molecule has 0 unspecified atom stereocenters. The van der Waals surface area contributed by atoms with Crippen molar-refractivity contribution >= 4 is 27.9 Å². The zero-order valence-corrected chi connectivity index (χ0v) is 19.5. The summed E-state index contributed by atoms with van der Waals surface area (Å²) in [4.78, 5) is 24.5. The number of rotatable bonds is 10. The second kappa shape index (κ2) is 12.1. The van der Waals surface area contributed by atoms with Crippen molar-refractivity contribution in [3.8, 4) is 11.5 Å². The molecule has 0 atom stereocenters. The maximum absolute atomic E-state index is 12.3. The number of hydrogen-bond acceptors (Lipinski definition) is 5. The van der Waals surface area contributed by atoms with Crippen molar-refractivity contribution < 1.29 is 23.8 Å². The maximum atomic E-state index is 12.3. The first-order chi connectivity index (χ1) is 15.5. The molecule has 0 fully saturated rings. The van der Waals surface area contributed by atoms with Crippen molar-refractivity contribution in [2.24, 2.45) is 0 Å². The van der Waals surface area contributed by atoms with Crippen molar-refractivity contribution in [2.45, 2.75) is 26.2 Å². The monoisotopic (exact) mass is 496 g/mol. The van der Waals surface area contributed by atoms with E-state index in [-0.39, 0.29) is 12.4 Å². The number of esters is 2. The van der Waals surface area contributed by atoms with E-state index >= 15 is 0 Å². The average molecular weight is 497 g/mol. The van der Waals surface area contributed by atoms with Gasteiger partial charge in [-0.3, -0.25) is 0 Å². The van der Waals surface area contributed by atoms with E-state index in [1.165, 1.54) is 11.6 Å². The minimum Gasteiger partial charge on any atom is -0.481 e. The zero-order chi connectivity index (χ0) is 22.8. The van der Waals surface area contributed by atoms with Gasteiger partial charge in [0.1, 0.15) is 11.5 Å². The summed E-state index contributed by atoms with van der Waals surface area (Å²) in [5.41, 5.74) is 2.69. The fourth-order valence-electron chi connectivity index (χ4n) is 3.03. The quantitative estimate of drug-likeness (QED) is 0.202. The number of carbonyl (C=O) groups excluding carboxylic acids is 2. The zero-order valence-electron chi connectivity index (χ0n) is 17.9. The molecule has 3 rings (SSSR count). The molecule has 0 aliphatic heterocycles. The molecular formula is C26H25BrO5. The lowest BCUT2D eigenvalue weighted by Crippen LogP contribution is -2.18. The van der Waals surface area contributed by atoms with Crippen LogP contribution in [0.3, 0.4) is 0 Å². The van der Waals surface area contributed by atoms with Crippen LogP contribution in [0.25, 0.3) is 0 Å². The van der Waals surface area contributed by atoms with Gasteiger partial charge in [-0.2, -0.15) is 0 Å². The van der Waals surface area contributed by atoms with Crippen LogP contribution in [-0.4, -0.2) is 25.2 Å². The fourth-order valence-corrected chi connectivity index (χ4v) is 3.58. The Bertz CT molecular complexity index is 1050. The second-order valence-corrected chi connectivity index (χ2v) is 7.99. The Morgan fingerprint density at radius 2 is 1.72 bits per heavy atom. The topological polar surface area (TPSA) is 61.8 Å². The Balaban J connectivity index is 1.46. The Morgan fingerprint density at radius 3 is 2.47 bits per heavy atom. The summed E-state index contributed by atoms with van der Waals surface area (Å²) in [6, 6.07) is 22.1. The van der Waals surface area contributed by atoms with Crippen LogP contribution in [-0.2, 0) is 22.4 Å². The molecule has 166 valence electrons. The molecule has 0 amide bonds. The van der Waals surface area contributed by atoms with Crippen molar-refractivity contribution in [1.82, 2.24) is 0 Å². The Kier molecular flexibility index (Phi) is 8.87. The molecule has 0 N–H and O–H groups in total. The van der Waals surface area contributed by atoms with Crippen molar-refractivity contribution in [2.75, 3.05) is 13.2 Å². The first-order valence-corrected chi connectivity index (χ1v) is 11.3. The molecular weight excluding hydrogens is 472 g/mol. The number of hydrogen-bond donors (Lipinski definition) is 0. The van der Waals surface area contributed by atoms with Crippen LogP contribution >= 0.6 is 15.9 Å². The van der Waals surface area contributed by atoms with Gasteiger partial charge in [-0.25, -0.2) is 9.59 Å². The number of aryl methyl sites for hydroxylation is 2. The van der Waals surface area contributed by atoms with E-state index in [9.17, 15) is 9.59 Å². The van der Waals surface area contributed by atoms with E-state index < -0.39 is 11.9 Å².